The molecule has 98 valence electrons. The molecule has 4 nitrogen and oxygen atoms in total. The second-order valence-corrected chi connectivity index (χ2v) is 5.47. The van der Waals surface area contributed by atoms with E-state index in [-0.39, 0.29) is 18.4 Å². The van der Waals surface area contributed by atoms with Crippen LogP contribution in [0.2, 0.25) is 0 Å². The van der Waals surface area contributed by atoms with Crippen molar-refractivity contribution in [3.8, 4) is 0 Å². The fourth-order valence-electron chi connectivity index (χ4n) is 1.65. The van der Waals surface area contributed by atoms with Crippen molar-refractivity contribution in [2.75, 3.05) is 13.1 Å². The fraction of sp³-hybridized carbons (Fsp3) is 0.385. The first-order chi connectivity index (χ1) is 8.40. The van der Waals surface area contributed by atoms with Crippen molar-refractivity contribution in [1.29, 1.82) is 0 Å². The highest BCUT2D eigenvalue weighted by Gasteiger charge is 2.18. The van der Waals surface area contributed by atoms with Crippen molar-refractivity contribution in [1.82, 2.24) is 4.90 Å². The first kappa shape index (κ1) is 14.7. The van der Waals surface area contributed by atoms with Crippen LogP contribution in [-0.2, 0) is 4.79 Å². The van der Waals surface area contributed by atoms with Gasteiger partial charge in [0.15, 0.2) is 0 Å². The predicted octanol–water partition coefficient (Wildman–Crippen LogP) is 2.03. The molecule has 0 radical (unpaired) electrons. The lowest BCUT2D eigenvalue weighted by atomic mass is 10.1. The summed E-state index contributed by atoms with van der Waals surface area (Å²) >= 11 is 3.32. The van der Waals surface area contributed by atoms with Crippen molar-refractivity contribution in [3.63, 3.8) is 0 Å². The molecule has 0 aromatic heterocycles. The van der Waals surface area contributed by atoms with Gasteiger partial charge in [0.1, 0.15) is 0 Å². The lowest BCUT2D eigenvalue weighted by molar-refractivity contribution is -0.118. The number of carbonyl (C=O) groups is 2. The highest BCUT2D eigenvalue weighted by molar-refractivity contribution is 9.10. The summed E-state index contributed by atoms with van der Waals surface area (Å²) in [4.78, 5) is 24.8. The zero-order valence-corrected chi connectivity index (χ0v) is 12.1. The molecule has 0 aliphatic carbocycles. The zero-order chi connectivity index (χ0) is 13.7. The Kier molecular flexibility index (Phi) is 5.34. The summed E-state index contributed by atoms with van der Waals surface area (Å²) in [5, 5.41) is 0. The van der Waals surface area contributed by atoms with Crippen molar-refractivity contribution >= 4 is 27.7 Å². The number of nitrogens with zero attached hydrogens (tertiary/aromatic N) is 1. The average molecular weight is 313 g/mol. The Morgan fingerprint density at radius 1 is 1.39 bits per heavy atom. The van der Waals surface area contributed by atoms with E-state index in [1.54, 1.807) is 18.2 Å². The monoisotopic (exact) mass is 312 g/mol. The number of nitrogens with two attached hydrogens (primary N) is 1. The van der Waals surface area contributed by atoms with Gasteiger partial charge in [0.2, 0.25) is 5.91 Å². The van der Waals surface area contributed by atoms with Crippen molar-refractivity contribution < 1.29 is 9.59 Å². The van der Waals surface area contributed by atoms with Crippen LogP contribution in [0, 0.1) is 5.92 Å². The number of amides is 2. The van der Waals surface area contributed by atoms with Gasteiger partial charge in [0, 0.05) is 16.6 Å². The summed E-state index contributed by atoms with van der Waals surface area (Å²) in [5.74, 6) is -0.400. The minimum absolute atomic E-state index is 0.0521. The van der Waals surface area contributed by atoms with Crippen LogP contribution in [0.15, 0.2) is 28.7 Å². The van der Waals surface area contributed by atoms with Crippen LogP contribution in [-0.4, -0.2) is 29.8 Å². The van der Waals surface area contributed by atoms with Crippen LogP contribution in [0.3, 0.4) is 0 Å². The third-order valence-corrected chi connectivity index (χ3v) is 2.78. The normalized spacial score (nSPS) is 10.4. The van der Waals surface area contributed by atoms with Crippen LogP contribution < -0.4 is 5.73 Å². The molecule has 18 heavy (non-hydrogen) atoms. The molecule has 0 saturated carbocycles. The first-order valence-electron chi connectivity index (χ1n) is 5.73. The fourth-order valence-corrected chi connectivity index (χ4v) is 2.05. The molecule has 1 rings (SSSR count). The van der Waals surface area contributed by atoms with Gasteiger partial charge in [-0.2, -0.15) is 0 Å². The van der Waals surface area contributed by atoms with E-state index >= 15 is 0 Å². The smallest absolute Gasteiger partial charge is 0.254 e. The Morgan fingerprint density at radius 2 is 2.06 bits per heavy atom. The Bertz CT molecular complexity index is 446. The third kappa shape index (κ3) is 4.49. The van der Waals surface area contributed by atoms with Gasteiger partial charge in [-0.1, -0.05) is 35.8 Å². The van der Waals surface area contributed by atoms with Crippen LogP contribution in [0.4, 0.5) is 0 Å². The Morgan fingerprint density at radius 3 is 2.56 bits per heavy atom. The summed E-state index contributed by atoms with van der Waals surface area (Å²) in [6, 6.07) is 7.09. The largest absolute Gasteiger partial charge is 0.368 e. The molecule has 1 aromatic rings. The molecule has 0 bridgehead atoms. The standard InChI is InChI=1S/C13H17BrN2O2/c1-9(2)7-16(8-12(15)17)13(18)10-4-3-5-11(14)6-10/h3-6,9H,7-8H2,1-2H3,(H2,15,17). The molecule has 0 saturated heterocycles. The van der Waals surface area contributed by atoms with E-state index in [0.29, 0.717) is 12.1 Å². The number of primary amides is 1. The van der Waals surface area contributed by atoms with E-state index in [1.165, 1.54) is 4.90 Å². The van der Waals surface area contributed by atoms with Crippen LogP contribution >= 0.6 is 15.9 Å². The van der Waals surface area contributed by atoms with Gasteiger partial charge in [-0.25, -0.2) is 0 Å². The maximum atomic E-state index is 12.3. The van der Waals surface area contributed by atoms with Gasteiger partial charge in [-0.15, -0.1) is 0 Å². The van der Waals surface area contributed by atoms with Gasteiger partial charge in [0.05, 0.1) is 6.54 Å². The minimum atomic E-state index is -0.501. The summed E-state index contributed by atoms with van der Waals surface area (Å²) in [6.45, 7) is 4.43. The number of rotatable bonds is 5. The number of hydrogen-bond acceptors (Lipinski definition) is 2. The molecule has 0 aliphatic heterocycles. The molecule has 2 N–H and O–H groups in total. The lowest BCUT2D eigenvalue weighted by Crippen LogP contribution is -2.40. The highest BCUT2D eigenvalue weighted by atomic mass is 79.9. The summed E-state index contributed by atoms with van der Waals surface area (Å²) in [5.41, 5.74) is 5.72. The molecule has 0 spiro atoms. The number of carbonyl (C=O) groups excluding carboxylic acids is 2. The Hall–Kier alpha value is -1.36. The van der Waals surface area contributed by atoms with Gasteiger partial charge in [-0.05, 0) is 24.1 Å². The maximum absolute atomic E-state index is 12.3. The van der Waals surface area contributed by atoms with E-state index in [2.05, 4.69) is 15.9 Å². The predicted molar refractivity (Wildman–Crippen MR) is 74.1 cm³/mol. The SMILES string of the molecule is CC(C)CN(CC(N)=O)C(=O)c1cccc(Br)c1. The molecule has 0 aliphatic rings. The van der Waals surface area contributed by atoms with Crippen molar-refractivity contribution in [3.05, 3.63) is 34.3 Å². The zero-order valence-electron chi connectivity index (χ0n) is 10.5. The van der Waals surface area contributed by atoms with E-state index in [0.717, 1.165) is 4.47 Å². The van der Waals surface area contributed by atoms with Gasteiger partial charge in [0.25, 0.3) is 5.91 Å². The van der Waals surface area contributed by atoms with Crippen LogP contribution in [0.25, 0.3) is 0 Å². The minimum Gasteiger partial charge on any atom is -0.368 e. The summed E-state index contributed by atoms with van der Waals surface area (Å²) < 4.78 is 0.830. The van der Waals surface area contributed by atoms with Crippen molar-refractivity contribution in [2.24, 2.45) is 11.7 Å². The quantitative estimate of drug-likeness (QED) is 0.904. The molecule has 0 heterocycles. The third-order valence-electron chi connectivity index (χ3n) is 2.29. The average Bonchev–Trinajstić information content (AvgIpc) is 2.26. The Labute approximate surface area is 115 Å². The van der Waals surface area contributed by atoms with Crippen LogP contribution in [0.5, 0.6) is 0 Å². The summed E-state index contributed by atoms with van der Waals surface area (Å²) in [7, 11) is 0. The molecule has 2 amide bonds. The lowest BCUT2D eigenvalue weighted by Gasteiger charge is -2.23. The molecular formula is C13H17BrN2O2. The van der Waals surface area contributed by atoms with E-state index in [1.807, 2.05) is 19.9 Å². The number of hydrogen-bond donors (Lipinski definition) is 1. The van der Waals surface area contributed by atoms with E-state index in [4.69, 9.17) is 5.73 Å². The number of halogens is 1. The van der Waals surface area contributed by atoms with Gasteiger partial charge in [-0.3, -0.25) is 9.59 Å². The van der Waals surface area contributed by atoms with E-state index < -0.39 is 5.91 Å². The topological polar surface area (TPSA) is 63.4 Å². The molecule has 1 aromatic carbocycles. The Balaban J connectivity index is 2.90. The molecule has 0 atom stereocenters. The molecule has 0 unspecified atom stereocenters. The van der Waals surface area contributed by atoms with Gasteiger partial charge >= 0.3 is 0 Å². The second-order valence-electron chi connectivity index (χ2n) is 4.56. The highest BCUT2D eigenvalue weighted by Crippen LogP contribution is 2.14. The molecular weight excluding hydrogens is 296 g/mol. The second kappa shape index (κ2) is 6.54. The van der Waals surface area contributed by atoms with Crippen LogP contribution in [0.1, 0.15) is 24.2 Å². The first-order valence-corrected chi connectivity index (χ1v) is 6.52. The molecule has 5 heteroatoms. The van der Waals surface area contributed by atoms with Gasteiger partial charge < -0.3 is 10.6 Å². The maximum Gasteiger partial charge on any atom is 0.254 e. The van der Waals surface area contributed by atoms with Crippen molar-refractivity contribution in [2.45, 2.75) is 13.8 Å². The number of benzene rings is 1. The van der Waals surface area contributed by atoms with E-state index in [9.17, 15) is 9.59 Å². The molecule has 0 fully saturated rings. The summed E-state index contributed by atoms with van der Waals surface area (Å²) in [6.07, 6.45) is 0.